The molecule has 0 saturated carbocycles. The molecule has 90 valence electrons. The zero-order valence-corrected chi connectivity index (χ0v) is 10.4. The molecule has 2 rings (SSSR count). The highest BCUT2D eigenvalue weighted by atomic mass is 16.1. The summed E-state index contributed by atoms with van der Waals surface area (Å²) in [6.45, 7) is 4.17. The first kappa shape index (κ1) is 11.7. The molecule has 1 aromatic heterocycles. The normalized spacial score (nSPS) is 10.7. The van der Waals surface area contributed by atoms with E-state index in [-0.39, 0.29) is 5.56 Å². The van der Waals surface area contributed by atoms with Crippen LogP contribution in [-0.4, -0.2) is 9.78 Å². The van der Waals surface area contributed by atoms with Gasteiger partial charge in [0, 0.05) is 11.8 Å². The van der Waals surface area contributed by atoms with Gasteiger partial charge in [-0.2, -0.15) is 0 Å². The lowest BCUT2D eigenvalue weighted by molar-refractivity contribution is 0.786. The predicted octanol–water partition coefficient (Wildman–Crippen LogP) is 2.82. The molecular formula is C14H18N2O. The maximum absolute atomic E-state index is 12.1. The predicted molar refractivity (Wildman–Crippen MR) is 69.7 cm³/mol. The molecule has 1 heterocycles. The highest BCUT2D eigenvalue weighted by Crippen LogP contribution is 2.07. The van der Waals surface area contributed by atoms with E-state index in [1.807, 2.05) is 37.4 Å². The van der Waals surface area contributed by atoms with Crippen molar-refractivity contribution < 1.29 is 0 Å². The van der Waals surface area contributed by atoms with Gasteiger partial charge in [-0.25, -0.2) is 4.68 Å². The number of benzene rings is 1. The molecule has 3 nitrogen and oxygen atoms in total. The van der Waals surface area contributed by atoms with Gasteiger partial charge in [0.15, 0.2) is 0 Å². The summed E-state index contributed by atoms with van der Waals surface area (Å²) >= 11 is 0. The fraction of sp³-hybridized carbons (Fsp3) is 0.357. The van der Waals surface area contributed by atoms with E-state index < -0.39 is 0 Å². The van der Waals surface area contributed by atoms with Crippen LogP contribution in [0.1, 0.15) is 30.9 Å². The number of hydrogen-bond acceptors (Lipinski definition) is 1. The third kappa shape index (κ3) is 2.49. The van der Waals surface area contributed by atoms with Crippen molar-refractivity contribution in [2.75, 3.05) is 0 Å². The van der Waals surface area contributed by atoms with Crippen molar-refractivity contribution in [3.63, 3.8) is 0 Å². The molecule has 0 saturated heterocycles. The van der Waals surface area contributed by atoms with Crippen LogP contribution in [-0.2, 0) is 6.42 Å². The summed E-state index contributed by atoms with van der Waals surface area (Å²) in [4.78, 5) is 12.1. The molecule has 0 amide bonds. The van der Waals surface area contributed by atoms with Gasteiger partial charge in [-0.1, -0.05) is 31.0 Å². The van der Waals surface area contributed by atoms with Crippen LogP contribution in [0.25, 0.3) is 5.69 Å². The summed E-state index contributed by atoms with van der Waals surface area (Å²) in [5, 5.41) is 3.02. The van der Waals surface area contributed by atoms with Crippen molar-refractivity contribution in [3.8, 4) is 5.69 Å². The van der Waals surface area contributed by atoms with Gasteiger partial charge in [0.1, 0.15) is 0 Å². The van der Waals surface area contributed by atoms with Crippen molar-refractivity contribution in [2.24, 2.45) is 0 Å². The standard InChI is InChI=1S/C14H18N2O/c1-3-4-5-12-10-15-16(14(12)17)13-8-6-11(2)7-9-13/h6-10,15H,3-5H2,1-2H3. The Hall–Kier alpha value is -1.77. The van der Waals surface area contributed by atoms with Gasteiger partial charge in [-0.3, -0.25) is 9.89 Å². The Bertz CT molecular complexity index is 534. The van der Waals surface area contributed by atoms with Gasteiger partial charge in [-0.15, -0.1) is 0 Å². The van der Waals surface area contributed by atoms with E-state index >= 15 is 0 Å². The summed E-state index contributed by atoms with van der Waals surface area (Å²) in [7, 11) is 0. The smallest absolute Gasteiger partial charge is 0.274 e. The molecule has 0 bridgehead atoms. The summed E-state index contributed by atoms with van der Waals surface area (Å²) in [6, 6.07) is 7.93. The van der Waals surface area contributed by atoms with Gasteiger partial charge in [-0.05, 0) is 31.9 Å². The summed E-state index contributed by atoms with van der Waals surface area (Å²) in [5.41, 5.74) is 3.03. The monoisotopic (exact) mass is 230 g/mol. The highest BCUT2D eigenvalue weighted by Gasteiger charge is 2.06. The summed E-state index contributed by atoms with van der Waals surface area (Å²) in [5.74, 6) is 0. The van der Waals surface area contributed by atoms with Gasteiger partial charge in [0.25, 0.3) is 5.56 Å². The minimum Gasteiger partial charge on any atom is -0.298 e. The number of unbranched alkanes of at least 4 members (excludes halogenated alkanes) is 1. The number of H-pyrrole nitrogens is 1. The quantitative estimate of drug-likeness (QED) is 0.861. The Balaban J connectivity index is 2.31. The molecule has 3 heteroatoms. The van der Waals surface area contributed by atoms with Crippen molar-refractivity contribution in [2.45, 2.75) is 33.1 Å². The second kappa shape index (κ2) is 5.04. The van der Waals surface area contributed by atoms with E-state index in [1.54, 1.807) is 4.68 Å². The third-order valence-corrected chi connectivity index (χ3v) is 2.94. The van der Waals surface area contributed by atoms with Crippen LogP contribution >= 0.6 is 0 Å². The fourth-order valence-electron chi connectivity index (χ4n) is 1.84. The molecule has 0 aliphatic heterocycles. The second-order valence-electron chi connectivity index (χ2n) is 4.38. The molecule has 1 aromatic carbocycles. The van der Waals surface area contributed by atoms with Gasteiger partial charge < -0.3 is 0 Å². The molecule has 0 aliphatic rings. The van der Waals surface area contributed by atoms with Gasteiger partial charge >= 0.3 is 0 Å². The molecule has 0 radical (unpaired) electrons. The van der Waals surface area contributed by atoms with Crippen LogP contribution in [0.3, 0.4) is 0 Å². The molecule has 0 unspecified atom stereocenters. The molecule has 0 spiro atoms. The second-order valence-corrected chi connectivity index (χ2v) is 4.38. The lowest BCUT2D eigenvalue weighted by Gasteiger charge is -2.01. The minimum atomic E-state index is 0.0716. The van der Waals surface area contributed by atoms with E-state index in [9.17, 15) is 4.79 Å². The highest BCUT2D eigenvalue weighted by molar-refractivity contribution is 5.34. The first-order chi connectivity index (χ1) is 8.22. The number of aromatic amines is 1. The number of aryl methyl sites for hydroxylation is 2. The minimum absolute atomic E-state index is 0.0716. The van der Waals surface area contributed by atoms with E-state index in [2.05, 4.69) is 12.0 Å². The Morgan fingerprint density at radius 3 is 2.59 bits per heavy atom. The molecule has 17 heavy (non-hydrogen) atoms. The third-order valence-electron chi connectivity index (χ3n) is 2.94. The SMILES string of the molecule is CCCCc1c[nH]n(-c2ccc(C)cc2)c1=O. The van der Waals surface area contributed by atoms with Crippen LogP contribution in [0.15, 0.2) is 35.3 Å². The number of nitrogens with zero attached hydrogens (tertiary/aromatic N) is 1. The molecule has 0 aliphatic carbocycles. The van der Waals surface area contributed by atoms with Crippen LogP contribution in [0.2, 0.25) is 0 Å². The average molecular weight is 230 g/mol. The maximum Gasteiger partial charge on any atom is 0.274 e. The Kier molecular flexibility index (Phi) is 3.47. The number of rotatable bonds is 4. The maximum atomic E-state index is 12.1. The molecule has 0 fully saturated rings. The van der Waals surface area contributed by atoms with Crippen LogP contribution < -0.4 is 5.56 Å². The first-order valence-corrected chi connectivity index (χ1v) is 6.08. The molecule has 2 aromatic rings. The van der Waals surface area contributed by atoms with E-state index in [0.717, 1.165) is 30.5 Å². The van der Waals surface area contributed by atoms with Gasteiger partial charge in [0.05, 0.1) is 5.69 Å². The average Bonchev–Trinajstić information content (AvgIpc) is 2.69. The van der Waals surface area contributed by atoms with Crippen molar-refractivity contribution in [1.29, 1.82) is 0 Å². The number of nitrogens with one attached hydrogen (secondary N) is 1. The topological polar surface area (TPSA) is 37.8 Å². The Morgan fingerprint density at radius 1 is 1.24 bits per heavy atom. The lowest BCUT2D eigenvalue weighted by atomic mass is 10.1. The van der Waals surface area contributed by atoms with Gasteiger partial charge in [0.2, 0.25) is 0 Å². The van der Waals surface area contributed by atoms with Crippen molar-refractivity contribution in [1.82, 2.24) is 9.78 Å². The fourth-order valence-corrected chi connectivity index (χ4v) is 1.84. The van der Waals surface area contributed by atoms with E-state index in [4.69, 9.17) is 0 Å². The van der Waals surface area contributed by atoms with E-state index in [0.29, 0.717) is 0 Å². The lowest BCUT2D eigenvalue weighted by Crippen LogP contribution is -2.17. The molecule has 0 atom stereocenters. The largest absolute Gasteiger partial charge is 0.298 e. The molecule has 1 N–H and O–H groups in total. The molecular weight excluding hydrogens is 212 g/mol. The van der Waals surface area contributed by atoms with E-state index in [1.165, 1.54) is 5.56 Å². The number of hydrogen-bond donors (Lipinski definition) is 1. The zero-order valence-electron chi connectivity index (χ0n) is 10.4. The zero-order chi connectivity index (χ0) is 12.3. The van der Waals surface area contributed by atoms with Crippen LogP contribution in [0.4, 0.5) is 0 Å². The van der Waals surface area contributed by atoms with Crippen LogP contribution in [0.5, 0.6) is 0 Å². The summed E-state index contributed by atoms with van der Waals surface area (Å²) < 4.78 is 1.60. The van der Waals surface area contributed by atoms with Crippen molar-refractivity contribution in [3.05, 3.63) is 51.9 Å². The Labute approximate surface area is 101 Å². The number of aromatic nitrogens is 2. The Morgan fingerprint density at radius 2 is 1.94 bits per heavy atom. The van der Waals surface area contributed by atoms with Crippen LogP contribution in [0, 0.1) is 6.92 Å². The summed E-state index contributed by atoms with van der Waals surface area (Å²) in [6.07, 6.45) is 4.83. The first-order valence-electron chi connectivity index (χ1n) is 6.08. The van der Waals surface area contributed by atoms with Crippen molar-refractivity contribution >= 4 is 0 Å².